The van der Waals surface area contributed by atoms with E-state index in [1.165, 1.54) is 12.5 Å². The molecule has 0 bridgehead atoms. The number of H-pyrrole nitrogens is 1. The highest BCUT2D eigenvalue weighted by Gasteiger charge is 2.27. The average molecular weight is 310 g/mol. The largest absolute Gasteiger partial charge is 0.468 e. The van der Waals surface area contributed by atoms with Crippen molar-refractivity contribution in [3.05, 3.63) is 36.7 Å². The molecule has 2 aromatic heterocycles. The number of sulfonamides is 1. The van der Waals surface area contributed by atoms with Crippen LogP contribution in [0.15, 0.2) is 40.4 Å². The van der Waals surface area contributed by atoms with Crippen molar-refractivity contribution in [3.63, 3.8) is 0 Å². The molecule has 1 saturated heterocycles. The molecule has 1 atom stereocenters. The van der Waals surface area contributed by atoms with Gasteiger partial charge in [-0.05, 0) is 38.1 Å². The molecule has 0 saturated carbocycles. The Bertz CT molecular complexity index is 646. The van der Waals surface area contributed by atoms with Crippen molar-refractivity contribution >= 4 is 10.0 Å². The molecule has 0 aliphatic carbocycles. The minimum atomic E-state index is -3.57. The lowest BCUT2D eigenvalue weighted by Gasteiger charge is -2.25. The fourth-order valence-electron chi connectivity index (χ4n) is 2.60. The van der Waals surface area contributed by atoms with E-state index in [1.54, 1.807) is 6.26 Å². The lowest BCUT2D eigenvalue weighted by molar-refractivity contribution is 0.216. The number of nitrogens with zero attached hydrogens (tertiary/aromatic N) is 2. The van der Waals surface area contributed by atoms with Crippen molar-refractivity contribution < 1.29 is 12.8 Å². The van der Waals surface area contributed by atoms with Crippen LogP contribution in [0.5, 0.6) is 0 Å². The maximum absolute atomic E-state index is 12.2. The Morgan fingerprint density at radius 3 is 2.86 bits per heavy atom. The van der Waals surface area contributed by atoms with Crippen LogP contribution in [-0.2, 0) is 10.0 Å². The van der Waals surface area contributed by atoms with E-state index in [4.69, 9.17) is 4.42 Å². The van der Waals surface area contributed by atoms with Gasteiger partial charge >= 0.3 is 0 Å². The van der Waals surface area contributed by atoms with Crippen molar-refractivity contribution in [1.29, 1.82) is 0 Å². The maximum Gasteiger partial charge on any atom is 0.257 e. The minimum absolute atomic E-state index is 0.0714. The Morgan fingerprint density at radius 1 is 1.43 bits per heavy atom. The van der Waals surface area contributed by atoms with E-state index in [2.05, 4.69) is 19.6 Å². The average Bonchev–Trinajstić information content (AvgIpc) is 3.23. The number of furan rings is 1. The fourth-order valence-corrected chi connectivity index (χ4v) is 3.54. The second-order valence-electron chi connectivity index (χ2n) is 5.04. The van der Waals surface area contributed by atoms with Crippen molar-refractivity contribution in [2.45, 2.75) is 23.9 Å². The maximum atomic E-state index is 12.2. The van der Waals surface area contributed by atoms with Crippen LogP contribution in [0.25, 0.3) is 0 Å². The summed E-state index contributed by atoms with van der Waals surface area (Å²) in [6.07, 6.45) is 6.51. The summed E-state index contributed by atoms with van der Waals surface area (Å²) in [5, 5.41) is 0.0714. The van der Waals surface area contributed by atoms with Gasteiger partial charge < -0.3 is 9.40 Å². The van der Waals surface area contributed by atoms with E-state index in [-0.39, 0.29) is 17.6 Å². The van der Waals surface area contributed by atoms with Crippen LogP contribution >= 0.6 is 0 Å². The van der Waals surface area contributed by atoms with E-state index in [0.717, 1.165) is 31.7 Å². The Kier molecular flexibility index (Phi) is 4.09. The molecule has 3 rings (SSSR count). The highest BCUT2D eigenvalue weighted by molar-refractivity contribution is 7.89. The predicted molar refractivity (Wildman–Crippen MR) is 76.0 cm³/mol. The number of imidazole rings is 1. The third-order valence-corrected chi connectivity index (χ3v) is 5.03. The summed E-state index contributed by atoms with van der Waals surface area (Å²) in [6.45, 7) is 2.18. The van der Waals surface area contributed by atoms with Crippen LogP contribution in [0.1, 0.15) is 24.6 Å². The molecule has 1 fully saturated rings. The first-order chi connectivity index (χ1) is 10.2. The zero-order valence-electron chi connectivity index (χ0n) is 11.5. The molecule has 114 valence electrons. The lowest BCUT2D eigenvalue weighted by atomic mass is 10.2. The number of rotatable bonds is 6. The van der Waals surface area contributed by atoms with Crippen LogP contribution in [0.4, 0.5) is 0 Å². The molecule has 0 amide bonds. The van der Waals surface area contributed by atoms with Gasteiger partial charge in [0, 0.05) is 6.54 Å². The number of nitrogens with one attached hydrogen (secondary N) is 2. The molecule has 1 unspecified atom stereocenters. The first-order valence-electron chi connectivity index (χ1n) is 6.92. The summed E-state index contributed by atoms with van der Waals surface area (Å²) in [7, 11) is -3.57. The zero-order chi connectivity index (χ0) is 14.7. The molecule has 0 aromatic carbocycles. The zero-order valence-corrected chi connectivity index (χ0v) is 12.3. The summed E-state index contributed by atoms with van der Waals surface area (Å²) >= 11 is 0. The van der Waals surface area contributed by atoms with Gasteiger partial charge in [-0.15, -0.1) is 0 Å². The highest BCUT2D eigenvalue weighted by Crippen LogP contribution is 2.25. The van der Waals surface area contributed by atoms with Crippen molar-refractivity contribution in [1.82, 2.24) is 19.6 Å². The van der Waals surface area contributed by atoms with Gasteiger partial charge in [-0.1, -0.05) is 0 Å². The molecule has 0 spiro atoms. The fraction of sp³-hybridized carbons (Fsp3) is 0.462. The monoisotopic (exact) mass is 310 g/mol. The molecule has 0 radical (unpaired) electrons. The molecule has 3 heterocycles. The standard InChI is InChI=1S/C13H18N4O3S/c18-21(19,13-9-14-10-15-13)16-8-11(12-4-3-7-20-12)17-5-1-2-6-17/h3-4,7,9-11,16H,1-2,5-6,8H2,(H,14,15). The molecule has 2 aromatic rings. The lowest BCUT2D eigenvalue weighted by Crippen LogP contribution is -2.36. The number of hydrogen-bond acceptors (Lipinski definition) is 5. The van der Waals surface area contributed by atoms with E-state index in [0.29, 0.717) is 0 Å². The molecular formula is C13H18N4O3S. The van der Waals surface area contributed by atoms with Gasteiger partial charge in [-0.25, -0.2) is 18.1 Å². The summed E-state index contributed by atoms with van der Waals surface area (Å²) < 4.78 is 32.4. The van der Waals surface area contributed by atoms with E-state index in [9.17, 15) is 8.42 Å². The Hall–Kier alpha value is -1.64. The molecule has 8 heteroatoms. The highest BCUT2D eigenvalue weighted by atomic mass is 32.2. The summed E-state index contributed by atoms with van der Waals surface area (Å²) in [6, 6.07) is 3.62. The van der Waals surface area contributed by atoms with Crippen LogP contribution < -0.4 is 4.72 Å². The number of aromatic nitrogens is 2. The normalized spacial score (nSPS) is 18.1. The topological polar surface area (TPSA) is 91.2 Å². The molecule has 7 nitrogen and oxygen atoms in total. The Morgan fingerprint density at radius 2 is 2.24 bits per heavy atom. The third kappa shape index (κ3) is 3.17. The van der Waals surface area contributed by atoms with Crippen LogP contribution in [0, 0.1) is 0 Å². The molecule has 1 aliphatic heterocycles. The van der Waals surface area contributed by atoms with E-state index >= 15 is 0 Å². The quantitative estimate of drug-likeness (QED) is 0.834. The number of hydrogen-bond donors (Lipinski definition) is 2. The SMILES string of the molecule is O=S(=O)(NCC(c1ccco1)N1CCCC1)c1cnc[nH]1. The van der Waals surface area contributed by atoms with E-state index in [1.807, 2.05) is 12.1 Å². The van der Waals surface area contributed by atoms with Gasteiger partial charge in [0.15, 0.2) is 5.03 Å². The molecule has 1 aliphatic rings. The molecule has 21 heavy (non-hydrogen) atoms. The first kappa shape index (κ1) is 14.3. The predicted octanol–water partition coefficient (Wildman–Crippen LogP) is 1.12. The molecule has 2 N–H and O–H groups in total. The second-order valence-corrected chi connectivity index (χ2v) is 6.78. The van der Waals surface area contributed by atoms with Crippen LogP contribution in [0.3, 0.4) is 0 Å². The van der Waals surface area contributed by atoms with Gasteiger partial charge in [-0.3, -0.25) is 4.90 Å². The van der Waals surface area contributed by atoms with Crippen molar-refractivity contribution in [2.75, 3.05) is 19.6 Å². The minimum Gasteiger partial charge on any atom is -0.468 e. The van der Waals surface area contributed by atoms with Gasteiger partial charge in [0.25, 0.3) is 10.0 Å². The van der Waals surface area contributed by atoms with Crippen LogP contribution in [0.2, 0.25) is 0 Å². The van der Waals surface area contributed by atoms with Gasteiger partial charge in [0.1, 0.15) is 5.76 Å². The summed E-state index contributed by atoms with van der Waals surface area (Å²) in [5.41, 5.74) is 0. The van der Waals surface area contributed by atoms with E-state index < -0.39 is 10.0 Å². The Labute approximate surface area is 123 Å². The Balaban J connectivity index is 1.73. The van der Waals surface area contributed by atoms with Crippen LogP contribution in [-0.4, -0.2) is 42.9 Å². The summed E-state index contributed by atoms with van der Waals surface area (Å²) in [4.78, 5) is 8.59. The first-order valence-corrected chi connectivity index (χ1v) is 8.40. The smallest absolute Gasteiger partial charge is 0.257 e. The van der Waals surface area contributed by atoms with Crippen molar-refractivity contribution in [2.24, 2.45) is 0 Å². The number of likely N-dealkylation sites (tertiary alicyclic amines) is 1. The van der Waals surface area contributed by atoms with Gasteiger partial charge in [-0.2, -0.15) is 0 Å². The molecular weight excluding hydrogens is 292 g/mol. The third-order valence-electron chi connectivity index (χ3n) is 3.68. The van der Waals surface area contributed by atoms with Gasteiger partial charge in [0.05, 0.1) is 24.8 Å². The number of aromatic amines is 1. The van der Waals surface area contributed by atoms with Crippen molar-refractivity contribution in [3.8, 4) is 0 Å². The summed E-state index contributed by atoms with van der Waals surface area (Å²) in [5.74, 6) is 0.782. The van der Waals surface area contributed by atoms with Gasteiger partial charge in [0.2, 0.25) is 0 Å². The second kappa shape index (κ2) is 6.00.